The topological polar surface area (TPSA) is 60.2 Å². The van der Waals surface area contributed by atoms with Crippen LogP contribution < -0.4 is 5.32 Å². The number of aryl methyl sites for hydroxylation is 1. The summed E-state index contributed by atoms with van der Waals surface area (Å²) in [5.74, 6) is 1.85. The Morgan fingerprint density at radius 3 is 2.81 bits per heavy atom. The molecule has 16 heavy (non-hydrogen) atoms. The SMILES string of the molecule is Cc1nnc(CNCCCOCC(C)C)o1. The van der Waals surface area contributed by atoms with Crippen molar-refractivity contribution >= 4 is 0 Å². The Kier molecular flexibility index (Phi) is 6.03. The Morgan fingerprint density at radius 1 is 1.38 bits per heavy atom. The second-order valence-corrected chi connectivity index (χ2v) is 4.21. The fourth-order valence-corrected chi connectivity index (χ4v) is 1.22. The highest BCUT2D eigenvalue weighted by Crippen LogP contribution is 1.96. The van der Waals surface area contributed by atoms with Gasteiger partial charge in [-0.3, -0.25) is 0 Å². The smallest absolute Gasteiger partial charge is 0.230 e. The molecule has 0 aromatic carbocycles. The van der Waals surface area contributed by atoms with Gasteiger partial charge in [0, 0.05) is 20.1 Å². The fourth-order valence-electron chi connectivity index (χ4n) is 1.22. The molecule has 0 fully saturated rings. The summed E-state index contributed by atoms with van der Waals surface area (Å²) in [5, 5.41) is 10.9. The van der Waals surface area contributed by atoms with Gasteiger partial charge in [-0.2, -0.15) is 0 Å². The molecule has 0 saturated carbocycles. The van der Waals surface area contributed by atoms with Crippen LogP contribution in [0.3, 0.4) is 0 Å². The van der Waals surface area contributed by atoms with Crippen LogP contribution in [0.4, 0.5) is 0 Å². The molecule has 0 aliphatic carbocycles. The van der Waals surface area contributed by atoms with Gasteiger partial charge in [-0.1, -0.05) is 13.8 Å². The summed E-state index contributed by atoms with van der Waals surface area (Å²) in [6.07, 6.45) is 1.000. The third-order valence-corrected chi connectivity index (χ3v) is 1.94. The molecule has 1 rings (SSSR count). The second kappa shape index (κ2) is 7.35. The number of ether oxygens (including phenoxy) is 1. The summed E-state index contributed by atoms with van der Waals surface area (Å²) in [6, 6.07) is 0. The molecule has 1 aromatic heterocycles. The van der Waals surface area contributed by atoms with Gasteiger partial charge < -0.3 is 14.5 Å². The number of aromatic nitrogens is 2. The molecule has 92 valence electrons. The first-order valence-electron chi connectivity index (χ1n) is 5.76. The summed E-state index contributed by atoms with van der Waals surface area (Å²) >= 11 is 0. The molecule has 0 atom stereocenters. The Hall–Kier alpha value is -0.940. The van der Waals surface area contributed by atoms with Crippen molar-refractivity contribution in [3.8, 4) is 0 Å². The first-order chi connectivity index (χ1) is 7.68. The third-order valence-electron chi connectivity index (χ3n) is 1.94. The van der Waals surface area contributed by atoms with Crippen molar-refractivity contribution in [2.24, 2.45) is 5.92 Å². The van der Waals surface area contributed by atoms with E-state index in [0.717, 1.165) is 26.2 Å². The van der Waals surface area contributed by atoms with E-state index in [0.29, 0.717) is 24.2 Å². The normalized spacial score (nSPS) is 11.2. The van der Waals surface area contributed by atoms with Gasteiger partial charge in [-0.25, -0.2) is 0 Å². The summed E-state index contributed by atoms with van der Waals surface area (Å²) in [4.78, 5) is 0. The van der Waals surface area contributed by atoms with Gasteiger partial charge in [0.2, 0.25) is 11.8 Å². The average molecular weight is 227 g/mol. The van der Waals surface area contributed by atoms with Crippen molar-refractivity contribution in [2.75, 3.05) is 19.8 Å². The third kappa shape index (κ3) is 5.82. The van der Waals surface area contributed by atoms with E-state index in [-0.39, 0.29) is 0 Å². The van der Waals surface area contributed by atoms with Crippen LogP contribution in [0.5, 0.6) is 0 Å². The summed E-state index contributed by atoms with van der Waals surface area (Å²) in [5.41, 5.74) is 0. The van der Waals surface area contributed by atoms with Crippen LogP contribution in [0.15, 0.2) is 4.42 Å². The van der Waals surface area contributed by atoms with Crippen molar-refractivity contribution in [2.45, 2.75) is 33.7 Å². The second-order valence-electron chi connectivity index (χ2n) is 4.21. The molecule has 1 aromatic rings. The van der Waals surface area contributed by atoms with Gasteiger partial charge in [0.1, 0.15) is 0 Å². The molecule has 0 radical (unpaired) electrons. The van der Waals surface area contributed by atoms with Crippen LogP contribution in [0.2, 0.25) is 0 Å². The van der Waals surface area contributed by atoms with Crippen molar-refractivity contribution in [1.29, 1.82) is 0 Å². The van der Waals surface area contributed by atoms with E-state index in [1.807, 2.05) is 0 Å². The molecular weight excluding hydrogens is 206 g/mol. The first-order valence-corrected chi connectivity index (χ1v) is 5.76. The lowest BCUT2D eigenvalue weighted by atomic mass is 10.2. The van der Waals surface area contributed by atoms with Crippen molar-refractivity contribution < 1.29 is 9.15 Å². The molecule has 0 unspecified atom stereocenters. The maximum atomic E-state index is 5.46. The van der Waals surface area contributed by atoms with Crippen LogP contribution >= 0.6 is 0 Å². The fraction of sp³-hybridized carbons (Fsp3) is 0.818. The van der Waals surface area contributed by atoms with Crippen LogP contribution in [-0.4, -0.2) is 30.0 Å². The predicted molar refractivity (Wildman–Crippen MR) is 61.0 cm³/mol. The highest BCUT2D eigenvalue weighted by atomic mass is 16.5. The Labute approximate surface area is 96.6 Å². The molecule has 0 spiro atoms. The maximum absolute atomic E-state index is 5.46. The molecule has 5 nitrogen and oxygen atoms in total. The molecule has 0 aliphatic rings. The zero-order valence-corrected chi connectivity index (χ0v) is 10.3. The minimum atomic E-state index is 0.606. The van der Waals surface area contributed by atoms with Gasteiger partial charge in [0.15, 0.2) is 0 Å². The predicted octanol–water partition coefficient (Wildman–Crippen LogP) is 1.53. The van der Waals surface area contributed by atoms with Crippen LogP contribution in [0, 0.1) is 12.8 Å². The van der Waals surface area contributed by atoms with Gasteiger partial charge in [0.25, 0.3) is 0 Å². The lowest BCUT2D eigenvalue weighted by Gasteiger charge is -2.06. The molecular formula is C11H21N3O2. The summed E-state index contributed by atoms with van der Waals surface area (Å²) in [6.45, 7) is 9.25. The highest BCUT2D eigenvalue weighted by Gasteiger charge is 2.00. The molecule has 0 amide bonds. The van der Waals surface area contributed by atoms with Crippen LogP contribution in [-0.2, 0) is 11.3 Å². The molecule has 1 N–H and O–H groups in total. The highest BCUT2D eigenvalue weighted by molar-refractivity contribution is 4.77. The minimum absolute atomic E-state index is 0.606. The van der Waals surface area contributed by atoms with Gasteiger partial charge in [-0.15, -0.1) is 10.2 Å². The zero-order valence-electron chi connectivity index (χ0n) is 10.3. The number of hydrogen-bond acceptors (Lipinski definition) is 5. The zero-order chi connectivity index (χ0) is 11.8. The number of nitrogens with zero attached hydrogens (tertiary/aromatic N) is 2. The monoisotopic (exact) mass is 227 g/mol. The average Bonchev–Trinajstić information content (AvgIpc) is 2.62. The van der Waals surface area contributed by atoms with E-state index in [1.165, 1.54) is 0 Å². The van der Waals surface area contributed by atoms with Gasteiger partial charge in [-0.05, 0) is 18.9 Å². The lowest BCUT2D eigenvalue weighted by Crippen LogP contribution is -2.17. The van der Waals surface area contributed by atoms with Crippen LogP contribution in [0.25, 0.3) is 0 Å². The molecule has 0 saturated heterocycles. The molecule has 5 heteroatoms. The molecule has 0 aliphatic heterocycles. The number of nitrogens with one attached hydrogen (secondary N) is 1. The van der Waals surface area contributed by atoms with Crippen molar-refractivity contribution in [3.05, 3.63) is 11.8 Å². The lowest BCUT2D eigenvalue weighted by molar-refractivity contribution is 0.108. The Bertz CT molecular complexity index is 287. The Morgan fingerprint density at radius 2 is 2.19 bits per heavy atom. The number of hydrogen-bond donors (Lipinski definition) is 1. The van der Waals surface area contributed by atoms with E-state index >= 15 is 0 Å². The van der Waals surface area contributed by atoms with Crippen molar-refractivity contribution in [1.82, 2.24) is 15.5 Å². The largest absolute Gasteiger partial charge is 0.424 e. The quantitative estimate of drug-likeness (QED) is 0.682. The van der Waals surface area contributed by atoms with Gasteiger partial charge in [0.05, 0.1) is 6.54 Å². The standard InChI is InChI=1S/C11H21N3O2/c1-9(2)8-15-6-4-5-12-7-11-14-13-10(3)16-11/h9,12H,4-8H2,1-3H3. The number of rotatable bonds is 8. The first kappa shape index (κ1) is 13.1. The summed E-state index contributed by atoms with van der Waals surface area (Å²) in [7, 11) is 0. The van der Waals surface area contributed by atoms with Gasteiger partial charge >= 0.3 is 0 Å². The van der Waals surface area contributed by atoms with E-state index in [4.69, 9.17) is 9.15 Å². The molecule has 1 heterocycles. The van der Waals surface area contributed by atoms with E-state index in [2.05, 4.69) is 29.4 Å². The molecule has 0 bridgehead atoms. The van der Waals surface area contributed by atoms with E-state index in [1.54, 1.807) is 6.92 Å². The Balaban J connectivity index is 1.92. The minimum Gasteiger partial charge on any atom is -0.424 e. The summed E-state index contributed by atoms with van der Waals surface area (Å²) < 4.78 is 10.7. The maximum Gasteiger partial charge on any atom is 0.230 e. The van der Waals surface area contributed by atoms with E-state index < -0.39 is 0 Å². The van der Waals surface area contributed by atoms with Crippen molar-refractivity contribution in [3.63, 3.8) is 0 Å². The van der Waals surface area contributed by atoms with E-state index in [9.17, 15) is 0 Å². The van der Waals surface area contributed by atoms with Crippen LogP contribution in [0.1, 0.15) is 32.0 Å².